The molecule has 12 nitrogen and oxygen atoms in total. The number of likely N-dealkylation sites (N-methyl/N-ethyl adjacent to an activating group) is 1. The lowest BCUT2D eigenvalue weighted by Gasteiger charge is -2.35. The second-order valence-electron chi connectivity index (χ2n) is 12.3. The number of ether oxygens (including phenoxy) is 2. The topological polar surface area (TPSA) is 146 Å². The number of benzene rings is 2. The number of aliphatic hydroxyl groups is 1. The molecule has 254 valence electrons. The monoisotopic (exact) mass is 649 g/mol. The lowest BCUT2D eigenvalue weighted by Crippen LogP contribution is -2.48. The van der Waals surface area contributed by atoms with E-state index in [2.05, 4.69) is 15.8 Å². The van der Waals surface area contributed by atoms with Crippen molar-refractivity contribution in [1.82, 2.24) is 15.0 Å². The minimum atomic E-state index is -0.535. The second kappa shape index (κ2) is 16.4. The Kier molecular flexibility index (Phi) is 12.4. The number of aryl methyl sites for hydroxylation is 2. The average molecular weight is 650 g/mol. The van der Waals surface area contributed by atoms with Gasteiger partial charge in [-0.1, -0.05) is 30.3 Å². The maximum atomic E-state index is 14.3. The fraction of sp³-hybridized carbons (Fsp3) is 0.486. The lowest BCUT2D eigenvalue weighted by atomic mass is 10.0. The number of amides is 4. The summed E-state index contributed by atoms with van der Waals surface area (Å²) >= 11 is 0. The fourth-order valence-corrected chi connectivity index (χ4v) is 5.47. The van der Waals surface area contributed by atoms with Gasteiger partial charge in [-0.2, -0.15) is 0 Å². The van der Waals surface area contributed by atoms with E-state index in [1.54, 1.807) is 80.1 Å². The molecule has 1 aliphatic heterocycles. The van der Waals surface area contributed by atoms with Crippen molar-refractivity contribution >= 4 is 29.2 Å². The van der Waals surface area contributed by atoms with Crippen molar-refractivity contribution in [3.05, 3.63) is 71.1 Å². The molecule has 4 amide bonds. The number of aromatic nitrogens is 1. The largest absolute Gasteiger partial charge is 0.490 e. The van der Waals surface area contributed by atoms with Crippen molar-refractivity contribution in [3.63, 3.8) is 0 Å². The van der Waals surface area contributed by atoms with Crippen molar-refractivity contribution in [3.8, 4) is 5.75 Å². The zero-order valence-electron chi connectivity index (χ0n) is 28.1. The Labute approximate surface area is 276 Å². The van der Waals surface area contributed by atoms with Crippen LogP contribution in [-0.4, -0.2) is 89.5 Å². The Bertz CT molecular complexity index is 1490. The van der Waals surface area contributed by atoms with Crippen molar-refractivity contribution in [1.29, 1.82) is 0 Å². The number of urea groups is 1. The van der Waals surface area contributed by atoms with Gasteiger partial charge in [0.25, 0.3) is 11.8 Å². The number of hydrogen-bond donors (Lipinski definition) is 3. The molecule has 3 N–H and O–H groups in total. The summed E-state index contributed by atoms with van der Waals surface area (Å²) in [6.07, 6.45) is 1.77. The molecule has 47 heavy (non-hydrogen) atoms. The van der Waals surface area contributed by atoms with Gasteiger partial charge in [0, 0.05) is 43.9 Å². The summed E-state index contributed by atoms with van der Waals surface area (Å²) in [6, 6.07) is 13.0. The Balaban J connectivity index is 1.60. The summed E-state index contributed by atoms with van der Waals surface area (Å²) in [5, 5.41) is 19.9. The molecule has 0 bridgehead atoms. The van der Waals surface area contributed by atoms with Crippen LogP contribution in [0.1, 0.15) is 72.2 Å². The molecule has 1 aliphatic rings. The van der Waals surface area contributed by atoms with Crippen LogP contribution in [-0.2, 0) is 4.74 Å². The van der Waals surface area contributed by atoms with E-state index in [-0.39, 0.29) is 55.1 Å². The summed E-state index contributed by atoms with van der Waals surface area (Å²) in [5.41, 5.74) is 2.33. The molecule has 4 rings (SSSR count). The Morgan fingerprint density at radius 2 is 1.85 bits per heavy atom. The number of nitrogens with one attached hydrogen (secondary N) is 2. The molecule has 2 heterocycles. The van der Waals surface area contributed by atoms with Crippen LogP contribution in [0.25, 0.3) is 0 Å². The number of fused-ring (bicyclic) bond motifs is 1. The van der Waals surface area contributed by atoms with Gasteiger partial charge < -0.3 is 39.5 Å². The molecule has 0 spiro atoms. The number of anilines is 2. The first-order valence-corrected chi connectivity index (χ1v) is 16.1. The van der Waals surface area contributed by atoms with Gasteiger partial charge in [-0.05, 0) is 77.3 Å². The maximum Gasteiger partial charge on any atom is 0.321 e. The van der Waals surface area contributed by atoms with E-state index in [9.17, 15) is 19.5 Å². The highest BCUT2D eigenvalue weighted by Gasteiger charge is 2.31. The highest BCUT2D eigenvalue weighted by molar-refractivity contribution is 6.05. The van der Waals surface area contributed by atoms with Gasteiger partial charge in [-0.3, -0.25) is 9.59 Å². The van der Waals surface area contributed by atoms with Gasteiger partial charge in [0.1, 0.15) is 17.1 Å². The molecule has 0 saturated carbocycles. The predicted octanol–water partition coefficient (Wildman–Crippen LogP) is 5.50. The number of rotatable bonds is 7. The molecule has 12 heteroatoms. The van der Waals surface area contributed by atoms with Gasteiger partial charge in [0.2, 0.25) is 0 Å². The highest BCUT2D eigenvalue weighted by atomic mass is 16.5. The predicted molar refractivity (Wildman–Crippen MR) is 179 cm³/mol. The number of carbonyl (C=O) groups is 3. The standard InChI is InChI=1S/C35H47N5O7/c1-22-19-40(23(2)21-41)34(43)29-18-28(36-33(42)27-13-8-7-9-14-27)15-16-30(29)46-24(3)12-10-11-17-45-31(22)20-39(6)35(44)37-32-25(4)38-47-26(32)5/h7-9,13-16,18,22-24,31,41H,10-12,17,19-21H2,1-6H3,(H,36,42)(H,37,44)/t22-,23+,24-,31+/m1/s1. The van der Waals surface area contributed by atoms with E-state index in [1.807, 2.05) is 19.9 Å². The molecule has 0 fully saturated rings. The molecule has 0 unspecified atom stereocenters. The third-order valence-corrected chi connectivity index (χ3v) is 8.41. The molecule has 3 aromatic rings. The zero-order valence-corrected chi connectivity index (χ0v) is 28.1. The van der Waals surface area contributed by atoms with E-state index in [1.165, 1.54) is 0 Å². The van der Waals surface area contributed by atoms with Crippen LogP contribution in [0.4, 0.5) is 16.2 Å². The van der Waals surface area contributed by atoms with Crippen LogP contribution in [0.2, 0.25) is 0 Å². The van der Waals surface area contributed by atoms with E-state index in [0.29, 0.717) is 40.7 Å². The van der Waals surface area contributed by atoms with Crippen LogP contribution < -0.4 is 15.4 Å². The first kappa shape index (κ1) is 35.4. The lowest BCUT2D eigenvalue weighted by molar-refractivity contribution is -0.0115. The Hall–Kier alpha value is -4.42. The average Bonchev–Trinajstić information content (AvgIpc) is 3.38. The molecule has 0 saturated heterocycles. The van der Waals surface area contributed by atoms with Crippen LogP contribution in [0.3, 0.4) is 0 Å². The summed E-state index contributed by atoms with van der Waals surface area (Å²) in [5.74, 6) is 0.0416. The quantitative estimate of drug-likeness (QED) is 0.304. The minimum Gasteiger partial charge on any atom is -0.490 e. The number of aliphatic hydroxyl groups excluding tert-OH is 1. The van der Waals surface area contributed by atoms with E-state index in [0.717, 1.165) is 19.3 Å². The summed E-state index contributed by atoms with van der Waals surface area (Å²) < 4.78 is 17.8. The third kappa shape index (κ3) is 9.32. The van der Waals surface area contributed by atoms with E-state index < -0.39 is 12.1 Å². The van der Waals surface area contributed by atoms with Gasteiger partial charge in [0.05, 0.1) is 30.4 Å². The van der Waals surface area contributed by atoms with E-state index >= 15 is 0 Å². The Morgan fingerprint density at radius 3 is 2.53 bits per heavy atom. The first-order valence-electron chi connectivity index (χ1n) is 16.1. The zero-order chi connectivity index (χ0) is 34.1. The molecule has 4 atom stereocenters. The summed E-state index contributed by atoms with van der Waals surface area (Å²) in [6.45, 7) is 9.90. The molecule has 0 aliphatic carbocycles. The normalized spacial score (nSPS) is 19.9. The molecule has 1 aromatic heterocycles. The summed E-state index contributed by atoms with van der Waals surface area (Å²) in [7, 11) is 1.69. The summed E-state index contributed by atoms with van der Waals surface area (Å²) in [4.78, 5) is 43.6. The number of carbonyl (C=O) groups excluding carboxylic acids is 3. The fourth-order valence-electron chi connectivity index (χ4n) is 5.47. The molecular weight excluding hydrogens is 602 g/mol. The van der Waals surface area contributed by atoms with Crippen molar-refractivity contribution in [2.75, 3.05) is 44.0 Å². The van der Waals surface area contributed by atoms with Crippen LogP contribution in [0.5, 0.6) is 5.75 Å². The van der Waals surface area contributed by atoms with Crippen molar-refractivity contribution in [2.45, 2.75) is 72.1 Å². The minimum absolute atomic E-state index is 0.188. The van der Waals surface area contributed by atoms with Gasteiger partial charge in [0.15, 0.2) is 5.76 Å². The maximum absolute atomic E-state index is 14.3. The SMILES string of the molecule is Cc1noc(C)c1NC(=O)N(C)C[C@@H]1OCCCC[C@@H](C)Oc2ccc(NC(=O)c3ccccc3)cc2C(=O)N([C@@H](C)CO)C[C@H]1C. The van der Waals surface area contributed by atoms with Gasteiger partial charge in [-0.25, -0.2) is 4.79 Å². The third-order valence-electron chi connectivity index (χ3n) is 8.41. The van der Waals surface area contributed by atoms with Crippen LogP contribution >= 0.6 is 0 Å². The van der Waals surface area contributed by atoms with Gasteiger partial charge in [-0.15, -0.1) is 0 Å². The van der Waals surface area contributed by atoms with E-state index in [4.69, 9.17) is 14.0 Å². The van der Waals surface area contributed by atoms with Gasteiger partial charge >= 0.3 is 6.03 Å². The molecular formula is C35H47N5O7. The number of nitrogens with zero attached hydrogens (tertiary/aromatic N) is 3. The first-order chi connectivity index (χ1) is 22.5. The van der Waals surface area contributed by atoms with Crippen molar-refractivity contribution in [2.24, 2.45) is 5.92 Å². The van der Waals surface area contributed by atoms with Crippen molar-refractivity contribution < 1.29 is 33.5 Å². The van der Waals surface area contributed by atoms with Crippen LogP contribution in [0.15, 0.2) is 53.1 Å². The highest BCUT2D eigenvalue weighted by Crippen LogP contribution is 2.29. The number of hydrogen-bond acceptors (Lipinski definition) is 8. The second-order valence-corrected chi connectivity index (χ2v) is 12.3. The Morgan fingerprint density at radius 1 is 1.11 bits per heavy atom. The molecule has 2 aromatic carbocycles. The smallest absolute Gasteiger partial charge is 0.321 e. The van der Waals surface area contributed by atoms with Crippen LogP contribution in [0, 0.1) is 19.8 Å². The molecule has 0 radical (unpaired) electrons.